The minimum Gasteiger partial charge on any atom is -0.477 e. The van der Waals surface area contributed by atoms with Gasteiger partial charge in [-0.05, 0) is 18.6 Å². The molecule has 6 heteroatoms. The van der Waals surface area contributed by atoms with Gasteiger partial charge in [-0.3, -0.25) is 0 Å². The highest BCUT2D eigenvalue weighted by Crippen LogP contribution is 2.29. The van der Waals surface area contributed by atoms with Crippen molar-refractivity contribution in [1.82, 2.24) is 4.57 Å². The van der Waals surface area contributed by atoms with Crippen LogP contribution in [0.25, 0.3) is 11.3 Å². The predicted octanol–water partition coefficient (Wildman–Crippen LogP) is 3.68. The molecule has 0 aliphatic carbocycles. The number of hydrogen-bond donors (Lipinski definition) is 1. The number of carbonyl (C=O) groups is 1. The average Bonchev–Trinajstić information content (AvgIpc) is 2.72. The molecule has 0 aliphatic heterocycles. The Labute approximate surface area is 113 Å². The minimum absolute atomic E-state index is 0.0648. The molecule has 0 bridgehead atoms. The average molecular weight is 283 g/mol. The summed E-state index contributed by atoms with van der Waals surface area (Å²) in [5.74, 6) is -4.33. The standard InChI is InChI=1S/C14H12F3NO2/c1-2-5-18-11(3-4-12(18)14(19)20)13-9(16)6-8(15)7-10(13)17/h3-4,6-7H,2,5H2,1H3,(H,19,20). The van der Waals surface area contributed by atoms with Crippen LogP contribution in [0.3, 0.4) is 0 Å². The molecule has 0 fully saturated rings. The lowest BCUT2D eigenvalue weighted by Crippen LogP contribution is -2.10. The monoisotopic (exact) mass is 283 g/mol. The van der Waals surface area contributed by atoms with Crippen molar-refractivity contribution in [1.29, 1.82) is 0 Å². The smallest absolute Gasteiger partial charge is 0.352 e. The van der Waals surface area contributed by atoms with Crippen LogP contribution < -0.4 is 0 Å². The highest BCUT2D eigenvalue weighted by Gasteiger charge is 2.20. The van der Waals surface area contributed by atoms with Gasteiger partial charge in [0, 0.05) is 18.7 Å². The summed E-state index contributed by atoms with van der Waals surface area (Å²) in [6.45, 7) is 2.10. The highest BCUT2D eigenvalue weighted by atomic mass is 19.1. The third kappa shape index (κ3) is 2.41. The third-order valence-electron chi connectivity index (χ3n) is 2.91. The molecular formula is C14H12F3NO2. The summed E-state index contributed by atoms with van der Waals surface area (Å²) >= 11 is 0. The third-order valence-corrected chi connectivity index (χ3v) is 2.91. The summed E-state index contributed by atoms with van der Waals surface area (Å²) in [7, 11) is 0. The van der Waals surface area contributed by atoms with Crippen molar-refractivity contribution in [2.75, 3.05) is 0 Å². The van der Waals surface area contributed by atoms with E-state index in [4.69, 9.17) is 5.11 Å². The first-order valence-electron chi connectivity index (χ1n) is 6.03. The van der Waals surface area contributed by atoms with Crippen LogP contribution in [-0.2, 0) is 6.54 Å². The summed E-state index contributed by atoms with van der Waals surface area (Å²) in [5, 5.41) is 9.07. The van der Waals surface area contributed by atoms with E-state index in [0.29, 0.717) is 25.1 Å². The van der Waals surface area contributed by atoms with E-state index in [1.54, 1.807) is 0 Å². The fourth-order valence-corrected chi connectivity index (χ4v) is 2.12. The molecule has 2 rings (SSSR count). The van der Waals surface area contributed by atoms with Gasteiger partial charge in [0.1, 0.15) is 23.1 Å². The minimum atomic E-state index is -1.19. The largest absolute Gasteiger partial charge is 0.477 e. The lowest BCUT2D eigenvalue weighted by atomic mass is 10.1. The summed E-state index contributed by atoms with van der Waals surface area (Å²) in [5.41, 5.74) is -0.406. The van der Waals surface area contributed by atoms with E-state index >= 15 is 0 Å². The molecule has 2 aromatic rings. The number of aromatic carboxylic acids is 1. The lowest BCUT2D eigenvalue weighted by Gasteiger charge is -2.12. The van der Waals surface area contributed by atoms with E-state index in [-0.39, 0.29) is 11.4 Å². The maximum Gasteiger partial charge on any atom is 0.352 e. The number of carboxylic acids is 1. The van der Waals surface area contributed by atoms with Crippen molar-refractivity contribution in [2.45, 2.75) is 19.9 Å². The molecule has 106 valence electrons. The molecule has 3 nitrogen and oxygen atoms in total. The van der Waals surface area contributed by atoms with Gasteiger partial charge in [0.25, 0.3) is 0 Å². The molecule has 1 aromatic heterocycles. The van der Waals surface area contributed by atoms with Crippen LogP contribution in [0.1, 0.15) is 23.8 Å². The second-order valence-corrected chi connectivity index (χ2v) is 4.31. The Kier molecular flexibility index (Phi) is 3.83. The van der Waals surface area contributed by atoms with Gasteiger partial charge in [0.2, 0.25) is 0 Å². The van der Waals surface area contributed by atoms with Crippen molar-refractivity contribution < 1.29 is 23.1 Å². The fourth-order valence-electron chi connectivity index (χ4n) is 2.12. The van der Waals surface area contributed by atoms with Crippen LogP contribution in [0.4, 0.5) is 13.2 Å². The van der Waals surface area contributed by atoms with Gasteiger partial charge < -0.3 is 9.67 Å². The van der Waals surface area contributed by atoms with E-state index < -0.39 is 29.0 Å². The molecule has 1 N–H and O–H groups in total. The Balaban J connectivity index is 2.67. The molecule has 0 atom stereocenters. The van der Waals surface area contributed by atoms with Gasteiger partial charge in [0.15, 0.2) is 0 Å². The quantitative estimate of drug-likeness (QED) is 0.930. The Morgan fingerprint density at radius 1 is 1.20 bits per heavy atom. The first-order chi connectivity index (χ1) is 9.45. The van der Waals surface area contributed by atoms with Crippen LogP contribution in [-0.4, -0.2) is 15.6 Å². The van der Waals surface area contributed by atoms with Crippen LogP contribution in [0, 0.1) is 17.5 Å². The highest BCUT2D eigenvalue weighted by molar-refractivity contribution is 5.87. The molecule has 0 amide bonds. The Morgan fingerprint density at radius 3 is 2.30 bits per heavy atom. The van der Waals surface area contributed by atoms with Gasteiger partial charge in [-0.2, -0.15) is 0 Å². The van der Waals surface area contributed by atoms with Gasteiger partial charge in [-0.25, -0.2) is 18.0 Å². The van der Waals surface area contributed by atoms with Crippen LogP contribution in [0.2, 0.25) is 0 Å². The number of rotatable bonds is 4. The van der Waals surface area contributed by atoms with E-state index in [0.717, 1.165) is 0 Å². The number of aromatic nitrogens is 1. The molecular weight excluding hydrogens is 271 g/mol. The molecule has 20 heavy (non-hydrogen) atoms. The van der Waals surface area contributed by atoms with Crippen molar-refractivity contribution >= 4 is 5.97 Å². The van der Waals surface area contributed by atoms with Crippen molar-refractivity contribution in [3.63, 3.8) is 0 Å². The van der Waals surface area contributed by atoms with E-state index in [1.807, 2.05) is 6.92 Å². The second-order valence-electron chi connectivity index (χ2n) is 4.31. The fraction of sp³-hybridized carbons (Fsp3) is 0.214. The zero-order valence-electron chi connectivity index (χ0n) is 10.7. The molecule has 0 radical (unpaired) electrons. The SMILES string of the molecule is CCCn1c(C(=O)O)ccc1-c1c(F)cc(F)cc1F. The molecule has 0 saturated heterocycles. The Morgan fingerprint density at radius 2 is 1.80 bits per heavy atom. The van der Waals surface area contributed by atoms with Gasteiger partial charge in [-0.15, -0.1) is 0 Å². The normalized spacial score (nSPS) is 10.8. The Bertz CT molecular complexity index is 641. The molecule has 0 aliphatic rings. The number of nitrogens with zero attached hydrogens (tertiary/aromatic N) is 1. The predicted molar refractivity (Wildman–Crippen MR) is 67.0 cm³/mol. The van der Waals surface area contributed by atoms with E-state index in [9.17, 15) is 18.0 Å². The topological polar surface area (TPSA) is 42.2 Å². The maximum absolute atomic E-state index is 13.8. The molecule has 1 aromatic carbocycles. The summed E-state index contributed by atoms with van der Waals surface area (Å²) in [6.07, 6.45) is 0.590. The maximum atomic E-state index is 13.8. The van der Waals surface area contributed by atoms with Crippen LogP contribution in [0.15, 0.2) is 24.3 Å². The van der Waals surface area contributed by atoms with E-state index in [1.165, 1.54) is 16.7 Å². The lowest BCUT2D eigenvalue weighted by molar-refractivity contribution is 0.0685. The van der Waals surface area contributed by atoms with Crippen molar-refractivity contribution in [3.8, 4) is 11.3 Å². The first kappa shape index (κ1) is 14.2. The number of benzene rings is 1. The molecule has 0 saturated carbocycles. The molecule has 1 heterocycles. The second kappa shape index (κ2) is 5.40. The van der Waals surface area contributed by atoms with Crippen LogP contribution >= 0.6 is 0 Å². The summed E-state index contributed by atoms with van der Waals surface area (Å²) in [6, 6.07) is 3.73. The van der Waals surface area contributed by atoms with Crippen molar-refractivity contribution in [2.24, 2.45) is 0 Å². The van der Waals surface area contributed by atoms with E-state index in [2.05, 4.69) is 0 Å². The Hall–Kier alpha value is -2.24. The van der Waals surface area contributed by atoms with Gasteiger partial charge >= 0.3 is 5.97 Å². The zero-order valence-corrected chi connectivity index (χ0v) is 10.7. The summed E-state index contributed by atoms with van der Waals surface area (Å²) in [4.78, 5) is 11.1. The van der Waals surface area contributed by atoms with Gasteiger partial charge in [0.05, 0.1) is 11.3 Å². The van der Waals surface area contributed by atoms with Gasteiger partial charge in [-0.1, -0.05) is 6.92 Å². The zero-order chi connectivity index (χ0) is 14.9. The molecule has 0 unspecified atom stereocenters. The number of halogens is 3. The molecule has 0 spiro atoms. The first-order valence-corrected chi connectivity index (χ1v) is 6.03. The summed E-state index contributed by atoms with van der Waals surface area (Å²) < 4.78 is 41.8. The van der Waals surface area contributed by atoms with Crippen LogP contribution in [0.5, 0.6) is 0 Å². The number of carboxylic acid groups (broad SMARTS) is 1. The number of hydrogen-bond acceptors (Lipinski definition) is 1. The van der Waals surface area contributed by atoms with Crippen molar-refractivity contribution in [3.05, 3.63) is 47.4 Å².